The Labute approximate surface area is 196 Å². The number of hydrogen-bond donors (Lipinski definition) is 2. The number of urea groups is 1. The number of aromatic nitrogens is 1. The maximum Gasteiger partial charge on any atom is 0.354 e. The minimum Gasteiger partial charge on any atom is -0.449 e. The van der Waals surface area contributed by atoms with Crippen LogP contribution in [0.5, 0.6) is 0 Å². The van der Waals surface area contributed by atoms with Gasteiger partial charge in [-0.15, -0.1) is 0 Å². The van der Waals surface area contributed by atoms with E-state index in [1.54, 1.807) is 0 Å². The van der Waals surface area contributed by atoms with Crippen molar-refractivity contribution in [3.63, 3.8) is 0 Å². The summed E-state index contributed by atoms with van der Waals surface area (Å²) in [5.74, 6) is 16.9. The van der Waals surface area contributed by atoms with Gasteiger partial charge in [-0.05, 0) is 92.3 Å². The molecule has 0 aliphatic heterocycles. The summed E-state index contributed by atoms with van der Waals surface area (Å²) < 4.78 is 4.87. The maximum atomic E-state index is 13.4. The van der Waals surface area contributed by atoms with Gasteiger partial charge in [0, 0.05) is 5.92 Å². The molecule has 0 saturated heterocycles. The lowest BCUT2D eigenvalue weighted by molar-refractivity contribution is -0.131. The zero-order valence-corrected chi connectivity index (χ0v) is 20.0. The molecular formula is C25H39N5O3. The highest BCUT2D eigenvalue weighted by Crippen LogP contribution is 2.64. The van der Waals surface area contributed by atoms with Crippen molar-refractivity contribution in [1.82, 2.24) is 9.99 Å². The molecule has 8 nitrogen and oxygen atoms in total. The summed E-state index contributed by atoms with van der Waals surface area (Å²) in [5.41, 5.74) is 0.0193. The van der Waals surface area contributed by atoms with Crippen LogP contribution in [-0.2, 0) is 4.79 Å². The fraction of sp³-hybridized carbons (Fsp3) is 0.800. The molecule has 4 fully saturated rings. The molecule has 0 aromatic carbocycles. The Morgan fingerprint density at radius 1 is 1.09 bits per heavy atom. The van der Waals surface area contributed by atoms with Crippen molar-refractivity contribution in [3.05, 3.63) is 12.7 Å². The smallest absolute Gasteiger partial charge is 0.354 e. The van der Waals surface area contributed by atoms with E-state index >= 15 is 0 Å². The molecule has 1 aromatic rings. The van der Waals surface area contributed by atoms with Gasteiger partial charge in [0.25, 0.3) is 0 Å². The molecule has 33 heavy (non-hydrogen) atoms. The number of ketones is 1. The quantitative estimate of drug-likeness (QED) is 0.399. The van der Waals surface area contributed by atoms with E-state index in [-0.39, 0.29) is 29.5 Å². The lowest BCUT2D eigenvalue weighted by atomic mass is 9.49. The van der Waals surface area contributed by atoms with Gasteiger partial charge in [0.05, 0.1) is 6.54 Å². The molecule has 4 saturated carbocycles. The summed E-state index contributed by atoms with van der Waals surface area (Å²) in [5, 5.41) is 1.72. The fourth-order valence-electron chi connectivity index (χ4n) is 8.52. The molecule has 5 rings (SSSR count). The van der Waals surface area contributed by atoms with Crippen molar-refractivity contribution < 1.29 is 14.0 Å². The Morgan fingerprint density at radius 2 is 1.88 bits per heavy atom. The van der Waals surface area contributed by atoms with E-state index in [0.29, 0.717) is 5.92 Å². The number of nitrogens with zero attached hydrogens (tertiary/aromatic N) is 3. The first-order chi connectivity index (χ1) is 15.8. The molecule has 1 heterocycles. The minimum atomic E-state index is -0.675. The van der Waals surface area contributed by atoms with E-state index in [1.165, 1.54) is 51.2 Å². The SMILES string of the molecule is CC1CCC2C(CCC3C2CCC2(C)C(C(=O)CN(N)C(=O)N(N)c4cocn4)CCC32)C1. The molecule has 4 aliphatic rings. The highest BCUT2D eigenvalue weighted by Gasteiger charge is 2.58. The van der Waals surface area contributed by atoms with Crippen LogP contribution in [0.25, 0.3) is 0 Å². The number of nitrogens with two attached hydrogens (primary N) is 2. The standard InChI is InChI=1S/C25H39N5O3/c1-15-3-5-17-16(11-15)4-6-19-18(17)9-10-25(2)20(19)7-8-21(25)22(31)12-29(26)24(32)30(27)23-13-33-14-28-23/h13-21H,3-12,26-27H2,1-2H3. The third-order valence-corrected chi connectivity index (χ3v) is 10.0. The van der Waals surface area contributed by atoms with Crippen LogP contribution in [-0.4, -0.2) is 28.4 Å². The molecule has 0 bridgehead atoms. The second-order valence-electron chi connectivity index (χ2n) is 11.6. The molecule has 8 unspecified atom stereocenters. The van der Waals surface area contributed by atoms with Gasteiger partial charge in [-0.3, -0.25) is 9.80 Å². The highest BCUT2D eigenvalue weighted by atomic mass is 16.3. The second-order valence-corrected chi connectivity index (χ2v) is 11.6. The van der Waals surface area contributed by atoms with Crippen molar-refractivity contribution in [2.45, 2.75) is 71.6 Å². The number of carbonyl (C=O) groups is 2. The number of fused-ring (bicyclic) bond motifs is 5. The third kappa shape index (κ3) is 3.89. The van der Waals surface area contributed by atoms with Crippen LogP contribution >= 0.6 is 0 Å². The summed E-state index contributed by atoms with van der Waals surface area (Å²) in [4.78, 5) is 29.8. The molecule has 182 valence electrons. The predicted octanol–water partition coefficient (Wildman–Crippen LogP) is 4.12. The van der Waals surface area contributed by atoms with E-state index < -0.39 is 6.03 Å². The molecular weight excluding hydrogens is 418 g/mol. The first-order valence-electron chi connectivity index (χ1n) is 12.8. The first-order valence-corrected chi connectivity index (χ1v) is 12.8. The maximum absolute atomic E-state index is 13.4. The normalized spacial score (nSPS) is 39.8. The predicted molar refractivity (Wildman–Crippen MR) is 124 cm³/mol. The van der Waals surface area contributed by atoms with Crippen molar-refractivity contribution in [2.75, 3.05) is 11.6 Å². The van der Waals surface area contributed by atoms with Crippen LogP contribution in [0.1, 0.15) is 71.6 Å². The van der Waals surface area contributed by atoms with E-state index in [1.807, 2.05) is 0 Å². The van der Waals surface area contributed by atoms with Crippen molar-refractivity contribution in [2.24, 2.45) is 58.5 Å². The molecule has 0 spiro atoms. The van der Waals surface area contributed by atoms with Gasteiger partial charge in [-0.1, -0.05) is 20.3 Å². The number of oxazole rings is 1. The van der Waals surface area contributed by atoms with Crippen molar-refractivity contribution in [1.29, 1.82) is 0 Å². The number of carbonyl (C=O) groups excluding carboxylic acids is 2. The largest absolute Gasteiger partial charge is 0.449 e. The molecule has 8 heteroatoms. The van der Waals surface area contributed by atoms with Gasteiger partial charge < -0.3 is 4.42 Å². The van der Waals surface area contributed by atoms with Gasteiger partial charge in [0.2, 0.25) is 0 Å². The van der Waals surface area contributed by atoms with Gasteiger partial charge in [-0.2, -0.15) is 4.98 Å². The zero-order chi connectivity index (χ0) is 23.3. The number of amides is 2. The number of Topliss-reactive ketones (excluding diaryl/α,β-unsaturated/α-hetero) is 1. The minimum absolute atomic E-state index is 0.0193. The molecule has 0 radical (unpaired) electrons. The first kappa shape index (κ1) is 22.8. The third-order valence-electron chi connectivity index (χ3n) is 10.0. The molecule has 1 aromatic heterocycles. The number of hydrogen-bond acceptors (Lipinski definition) is 6. The second kappa shape index (κ2) is 8.69. The van der Waals surface area contributed by atoms with E-state index in [4.69, 9.17) is 16.1 Å². The Balaban J connectivity index is 1.24. The number of hydrazine groups is 2. The Bertz CT molecular complexity index is 875. The van der Waals surface area contributed by atoms with Crippen LogP contribution in [0.2, 0.25) is 0 Å². The van der Waals surface area contributed by atoms with Crippen LogP contribution < -0.4 is 16.7 Å². The van der Waals surface area contributed by atoms with Crippen molar-refractivity contribution in [3.8, 4) is 0 Å². The highest BCUT2D eigenvalue weighted by molar-refractivity contribution is 5.93. The average molecular weight is 458 g/mol. The summed E-state index contributed by atoms with van der Waals surface area (Å²) in [6.07, 6.45) is 13.8. The van der Waals surface area contributed by atoms with Gasteiger partial charge in [-0.25, -0.2) is 21.5 Å². The average Bonchev–Trinajstić information content (AvgIpc) is 3.45. The molecule has 2 amide bonds. The topological polar surface area (TPSA) is 119 Å². The summed E-state index contributed by atoms with van der Waals surface area (Å²) in [6.45, 7) is 4.63. The fourth-order valence-corrected chi connectivity index (χ4v) is 8.52. The lowest BCUT2D eigenvalue weighted by Gasteiger charge is -2.56. The molecule has 4 aliphatic carbocycles. The van der Waals surface area contributed by atoms with E-state index in [0.717, 1.165) is 58.9 Å². The van der Waals surface area contributed by atoms with Gasteiger partial charge >= 0.3 is 6.03 Å². The zero-order valence-electron chi connectivity index (χ0n) is 20.0. The molecule has 8 atom stereocenters. The molecule has 4 N–H and O–H groups in total. The van der Waals surface area contributed by atoms with E-state index in [2.05, 4.69) is 18.8 Å². The van der Waals surface area contributed by atoms with Crippen LogP contribution in [0.15, 0.2) is 17.1 Å². The number of anilines is 1. The Morgan fingerprint density at radius 3 is 2.64 bits per heavy atom. The Hall–Kier alpha value is -1.93. The lowest BCUT2D eigenvalue weighted by Crippen LogP contribution is -2.54. The van der Waals surface area contributed by atoms with Crippen LogP contribution in [0, 0.1) is 46.8 Å². The van der Waals surface area contributed by atoms with E-state index in [9.17, 15) is 9.59 Å². The summed E-state index contributed by atoms with van der Waals surface area (Å²) in [7, 11) is 0. The Kier molecular flexibility index (Phi) is 6.02. The summed E-state index contributed by atoms with van der Waals surface area (Å²) in [6, 6.07) is -0.675. The monoisotopic (exact) mass is 457 g/mol. The van der Waals surface area contributed by atoms with Gasteiger partial charge in [0.15, 0.2) is 18.0 Å². The van der Waals surface area contributed by atoms with Crippen LogP contribution in [0.3, 0.4) is 0 Å². The number of rotatable bonds is 4. The summed E-state index contributed by atoms with van der Waals surface area (Å²) >= 11 is 0. The van der Waals surface area contributed by atoms with Crippen molar-refractivity contribution >= 4 is 17.6 Å². The van der Waals surface area contributed by atoms with Gasteiger partial charge in [0.1, 0.15) is 6.26 Å². The van der Waals surface area contributed by atoms with Crippen LogP contribution in [0.4, 0.5) is 10.6 Å².